The first-order chi connectivity index (χ1) is 5.24. The van der Waals surface area contributed by atoms with Crippen molar-refractivity contribution in [1.29, 1.82) is 0 Å². The zero-order chi connectivity index (χ0) is 8.27. The van der Waals surface area contributed by atoms with E-state index in [-0.39, 0.29) is 0 Å². The van der Waals surface area contributed by atoms with Crippen LogP contribution in [0.4, 0.5) is 0 Å². The zero-order valence-electron chi connectivity index (χ0n) is 7.97. The minimum absolute atomic E-state index is 0.915. The SMILES string of the molecule is CSC1CCC(C(C)C)CC1. The molecule has 0 aromatic rings. The average Bonchev–Trinajstić information content (AvgIpc) is 2.05. The smallest absolute Gasteiger partial charge is 0.00444 e. The molecule has 11 heavy (non-hydrogen) atoms. The number of rotatable bonds is 2. The lowest BCUT2D eigenvalue weighted by atomic mass is 9.82. The summed E-state index contributed by atoms with van der Waals surface area (Å²) in [6.07, 6.45) is 8.13. The van der Waals surface area contributed by atoms with Crippen molar-refractivity contribution in [3.05, 3.63) is 0 Å². The van der Waals surface area contributed by atoms with Gasteiger partial charge in [-0.25, -0.2) is 0 Å². The molecule has 0 saturated heterocycles. The Bertz CT molecular complexity index is 101. The molecule has 0 bridgehead atoms. The van der Waals surface area contributed by atoms with Crippen LogP contribution in [0.15, 0.2) is 0 Å². The van der Waals surface area contributed by atoms with Crippen molar-refractivity contribution in [1.82, 2.24) is 0 Å². The molecule has 1 saturated carbocycles. The van der Waals surface area contributed by atoms with E-state index in [4.69, 9.17) is 0 Å². The molecule has 0 spiro atoms. The highest BCUT2D eigenvalue weighted by Crippen LogP contribution is 2.34. The van der Waals surface area contributed by atoms with Crippen LogP contribution in [0.1, 0.15) is 39.5 Å². The van der Waals surface area contributed by atoms with Crippen LogP contribution in [0.2, 0.25) is 0 Å². The summed E-state index contributed by atoms with van der Waals surface area (Å²) in [5.41, 5.74) is 0. The zero-order valence-corrected chi connectivity index (χ0v) is 8.79. The van der Waals surface area contributed by atoms with Gasteiger partial charge in [-0.05, 0) is 43.8 Å². The van der Waals surface area contributed by atoms with Gasteiger partial charge in [0, 0.05) is 5.25 Å². The van der Waals surface area contributed by atoms with Gasteiger partial charge >= 0.3 is 0 Å². The van der Waals surface area contributed by atoms with Crippen molar-refractivity contribution in [2.45, 2.75) is 44.8 Å². The third-order valence-electron chi connectivity index (χ3n) is 3.00. The van der Waals surface area contributed by atoms with Crippen LogP contribution < -0.4 is 0 Å². The average molecular weight is 172 g/mol. The highest BCUT2D eigenvalue weighted by atomic mass is 32.2. The molecule has 0 aromatic heterocycles. The predicted octanol–water partition coefficient (Wildman–Crippen LogP) is 3.56. The maximum atomic E-state index is 2.37. The van der Waals surface area contributed by atoms with E-state index in [1.165, 1.54) is 25.7 Å². The Labute approximate surface area is 75.1 Å². The second-order valence-corrected chi connectivity index (χ2v) is 5.15. The summed E-state index contributed by atoms with van der Waals surface area (Å²) in [5.74, 6) is 1.94. The highest BCUT2D eigenvalue weighted by Gasteiger charge is 2.22. The molecule has 0 aromatic carbocycles. The van der Waals surface area contributed by atoms with E-state index < -0.39 is 0 Å². The molecule has 0 amide bonds. The molecule has 66 valence electrons. The van der Waals surface area contributed by atoms with Gasteiger partial charge in [-0.3, -0.25) is 0 Å². The second kappa shape index (κ2) is 4.39. The lowest BCUT2D eigenvalue weighted by Crippen LogP contribution is -2.19. The Balaban J connectivity index is 2.24. The third-order valence-corrected chi connectivity index (χ3v) is 4.13. The molecule has 0 atom stereocenters. The van der Waals surface area contributed by atoms with Gasteiger partial charge in [0.25, 0.3) is 0 Å². The summed E-state index contributed by atoms with van der Waals surface area (Å²) in [6, 6.07) is 0. The van der Waals surface area contributed by atoms with E-state index in [0.717, 1.165) is 17.1 Å². The summed E-state index contributed by atoms with van der Waals surface area (Å²) in [6.45, 7) is 4.73. The van der Waals surface area contributed by atoms with Crippen LogP contribution >= 0.6 is 11.8 Å². The Kier molecular flexibility index (Phi) is 3.77. The normalized spacial score (nSPS) is 32.7. The van der Waals surface area contributed by atoms with E-state index in [0.29, 0.717) is 0 Å². The van der Waals surface area contributed by atoms with Gasteiger partial charge in [-0.2, -0.15) is 11.8 Å². The van der Waals surface area contributed by atoms with Crippen LogP contribution in [0.3, 0.4) is 0 Å². The van der Waals surface area contributed by atoms with Crippen molar-refractivity contribution < 1.29 is 0 Å². The molecule has 0 aliphatic heterocycles. The van der Waals surface area contributed by atoms with E-state index >= 15 is 0 Å². The molecule has 1 heteroatoms. The van der Waals surface area contributed by atoms with Crippen molar-refractivity contribution in [2.75, 3.05) is 6.26 Å². The van der Waals surface area contributed by atoms with Gasteiger partial charge in [0.1, 0.15) is 0 Å². The molecule has 0 radical (unpaired) electrons. The van der Waals surface area contributed by atoms with Crippen molar-refractivity contribution in [3.63, 3.8) is 0 Å². The molecule has 1 rings (SSSR count). The summed E-state index contributed by atoms with van der Waals surface area (Å²) in [5, 5.41) is 0.977. The molecular formula is C10H20S. The molecule has 0 nitrogen and oxygen atoms in total. The second-order valence-electron chi connectivity index (χ2n) is 4.02. The van der Waals surface area contributed by atoms with E-state index in [1.54, 1.807) is 0 Å². The minimum Gasteiger partial charge on any atom is -0.162 e. The van der Waals surface area contributed by atoms with Gasteiger partial charge in [0.2, 0.25) is 0 Å². The third kappa shape index (κ3) is 2.70. The van der Waals surface area contributed by atoms with Crippen LogP contribution in [0, 0.1) is 11.8 Å². The first-order valence-corrected chi connectivity index (χ1v) is 6.05. The molecule has 0 heterocycles. The predicted molar refractivity (Wildman–Crippen MR) is 54.1 cm³/mol. The quantitative estimate of drug-likeness (QED) is 0.613. The van der Waals surface area contributed by atoms with Crippen molar-refractivity contribution in [2.24, 2.45) is 11.8 Å². The lowest BCUT2D eigenvalue weighted by molar-refractivity contribution is 0.284. The molecule has 1 aliphatic rings. The Morgan fingerprint density at radius 2 is 1.64 bits per heavy atom. The molecule has 0 N–H and O–H groups in total. The van der Waals surface area contributed by atoms with Gasteiger partial charge in [0.15, 0.2) is 0 Å². The molecular weight excluding hydrogens is 152 g/mol. The van der Waals surface area contributed by atoms with Crippen molar-refractivity contribution in [3.8, 4) is 0 Å². The summed E-state index contributed by atoms with van der Waals surface area (Å²) in [4.78, 5) is 0. The molecule has 1 fully saturated rings. The molecule has 0 unspecified atom stereocenters. The number of thioether (sulfide) groups is 1. The Morgan fingerprint density at radius 1 is 1.09 bits per heavy atom. The maximum Gasteiger partial charge on any atom is 0.00444 e. The van der Waals surface area contributed by atoms with E-state index in [2.05, 4.69) is 31.9 Å². The summed E-state index contributed by atoms with van der Waals surface area (Å²) < 4.78 is 0. The number of hydrogen-bond acceptors (Lipinski definition) is 1. The number of hydrogen-bond donors (Lipinski definition) is 0. The standard InChI is InChI=1S/C10H20S/c1-8(2)9-4-6-10(11-3)7-5-9/h8-10H,4-7H2,1-3H3. The van der Waals surface area contributed by atoms with Gasteiger partial charge in [-0.15, -0.1) is 0 Å². The first-order valence-electron chi connectivity index (χ1n) is 4.76. The van der Waals surface area contributed by atoms with Crippen LogP contribution in [0.5, 0.6) is 0 Å². The van der Waals surface area contributed by atoms with Crippen molar-refractivity contribution >= 4 is 11.8 Å². The Morgan fingerprint density at radius 3 is 2.00 bits per heavy atom. The van der Waals surface area contributed by atoms with Crippen LogP contribution in [-0.2, 0) is 0 Å². The largest absolute Gasteiger partial charge is 0.162 e. The highest BCUT2D eigenvalue weighted by molar-refractivity contribution is 7.99. The van der Waals surface area contributed by atoms with Crippen LogP contribution in [0.25, 0.3) is 0 Å². The van der Waals surface area contributed by atoms with E-state index in [1.807, 2.05) is 0 Å². The fourth-order valence-electron chi connectivity index (χ4n) is 1.99. The monoisotopic (exact) mass is 172 g/mol. The maximum absolute atomic E-state index is 2.37. The topological polar surface area (TPSA) is 0 Å². The molecule has 1 aliphatic carbocycles. The summed E-state index contributed by atoms with van der Waals surface area (Å²) in [7, 11) is 0. The summed E-state index contributed by atoms with van der Waals surface area (Å²) >= 11 is 2.06. The lowest BCUT2D eigenvalue weighted by Gasteiger charge is -2.29. The van der Waals surface area contributed by atoms with Gasteiger partial charge in [-0.1, -0.05) is 13.8 Å². The van der Waals surface area contributed by atoms with Crippen LogP contribution in [-0.4, -0.2) is 11.5 Å². The fourth-order valence-corrected chi connectivity index (χ4v) is 2.73. The first kappa shape index (κ1) is 9.44. The minimum atomic E-state index is 0.915. The Hall–Kier alpha value is 0.350. The van der Waals surface area contributed by atoms with Gasteiger partial charge < -0.3 is 0 Å². The van der Waals surface area contributed by atoms with E-state index in [9.17, 15) is 0 Å². The van der Waals surface area contributed by atoms with Gasteiger partial charge in [0.05, 0.1) is 0 Å². The fraction of sp³-hybridized carbons (Fsp3) is 1.00.